The van der Waals surface area contributed by atoms with Crippen LogP contribution in [0.4, 0.5) is 5.69 Å². The van der Waals surface area contributed by atoms with E-state index in [1.54, 1.807) is 6.07 Å². The fraction of sp³-hybridized carbons (Fsp3) is 0.462. The molecule has 0 aromatic heterocycles. The molecule has 1 saturated heterocycles. The number of nitro benzene ring substituents is 1. The number of nitrogens with zero attached hydrogens (tertiary/aromatic N) is 3. The molecule has 0 bridgehead atoms. The van der Waals surface area contributed by atoms with Crippen LogP contribution in [0.1, 0.15) is 18.9 Å². The van der Waals surface area contributed by atoms with Gasteiger partial charge in [0, 0.05) is 19.2 Å². The molecule has 23 heavy (non-hydrogen) atoms. The Morgan fingerprint density at radius 3 is 2.65 bits per heavy atom. The molecule has 2 rings (SSSR count). The smallest absolute Gasteiger partial charge is 0.288 e. The predicted octanol–water partition coefficient (Wildman–Crippen LogP) is 1.25. The molecular formula is C13H17ClN4O4S. The SMILES string of the molecule is CC1(CN)CCN(S(=O)(=O)c2cccc([N+](=O)[O-])c2C#N)C1.Cl. The molecule has 0 spiro atoms. The molecule has 0 radical (unpaired) electrons. The molecule has 1 fully saturated rings. The summed E-state index contributed by atoms with van der Waals surface area (Å²) in [6.07, 6.45) is 0.611. The number of hydrogen-bond acceptors (Lipinski definition) is 6. The first kappa shape index (κ1) is 19.3. The average Bonchev–Trinajstić information content (AvgIpc) is 2.90. The van der Waals surface area contributed by atoms with Gasteiger partial charge in [0.2, 0.25) is 10.0 Å². The Kier molecular flexibility index (Phi) is 5.71. The molecule has 10 heteroatoms. The van der Waals surface area contributed by atoms with E-state index in [1.165, 1.54) is 16.4 Å². The highest BCUT2D eigenvalue weighted by molar-refractivity contribution is 7.89. The van der Waals surface area contributed by atoms with Gasteiger partial charge in [0.15, 0.2) is 0 Å². The summed E-state index contributed by atoms with van der Waals surface area (Å²) in [5.74, 6) is 0. The minimum absolute atomic E-state index is 0. The summed E-state index contributed by atoms with van der Waals surface area (Å²) in [7, 11) is -3.97. The normalized spacial score (nSPS) is 21.4. The molecule has 0 saturated carbocycles. The van der Waals surface area contributed by atoms with Crippen molar-refractivity contribution in [2.45, 2.75) is 18.2 Å². The summed E-state index contributed by atoms with van der Waals surface area (Å²) in [5, 5.41) is 20.1. The highest BCUT2D eigenvalue weighted by Gasteiger charge is 2.40. The Bertz CT molecular complexity index is 762. The Morgan fingerprint density at radius 2 is 2.17 bits per heavy atom. The zero-order chi connectivity index (χ0) is 16.5. The third kappa shape index (κ3) is 3.45. The minimum atomic E-state index is -3.97. The van der Waals surface area contributed by atoms with Crippen molar-refractivity contribution >= 4 is 28.1 Å². The summed E-state index contributed by atoms with van der Waals surface area (Å²) in [6, 6.07) is 5.24. The maximum atomic E-state index is 12.7. The van der Waals surface area contributed by atoms with E-state index in [0.717, 1.165) is 6.07 Å². The van der Waals surface area contributed by atoms with Gasteiger partial charge in [-0.1, -0.05) is 13.0 Å². The molecule has 1 aromatic carbocycles. The summed E-state index contributed by atoms with van der Waals surface area (Å²) >= 11 is 0. The maximum absolute atomic E-state index is 12.7. The highest BCUT2D eigenvalue weighted by atomic mass is 35.5. The molecule has 126 valence electrons. The first-order valence-corrected chi connectivity index (χ1v) is 8.07. The second kappa shape index (κ2) is 6.80. The maximum Gasteiger partial charge on any atom is 0.288 e. The number of hydrogen-bond donors (Lipinski definition) is 1. The lowest BCUT2D eigenvalue weighted by Crippen LogP contribution is -2.34. The van der Waals surface area contributed by atoms with E-state index in [1.807, 2.05) is 6.92 Å². The van der Waals surface area contributed by atoms with Crippen LogP contribution in [-0.4, -0.2) is 37.3 Å². The van der Waals surface area contributed by atoms with Crippen LogP contribution in [0, 0.1) is 26.9 Å². The monoisotopic (exact) mass is 360 g/mol. The van der Waals surface area contributed by atoms with Gasteiger partial charge in [-0.25, -0.2) is 8.42 Å². The zero-order valence-electron chi connectivity index (χ0n) is 12.4. The van der Waals surface area contributed by atoms with Crippen LogP contribution in [0.15, 0.2) is 23.1 Å². The summed E-state index contributed by atoms with van der Waals surface area (Å²) in [6.45, 7) is 2.75. The molecule has 8 nitrogen and oxygen atoms in total. The molecule has 1 heterocycles. The van der Waals surface area contributed by atoms with Crippen LogP contribution < -0.4 is 5.73 Å². The zero-order valence-corrected chi connectivity index (χ0v) is 14.1. The fourth-order valence-electron chi connectivity index (χ4n) is 2.49. The van der Waals surface area contributed by atoms with Gasteiger partial charge < -0.3 is 5.73 Å². The first-order valence-electron chi connectivity index (χ1n) is 6.63. The van der Waals surface area contributed by atoms with E-state index in [0.29, 0.717) is 13.0 Å². The summed E-state index contributed by atoms with van der Waals surface area (Å²) in [4.78, 5) is 9.87. The third-order valence-electron chi connectivity index (χ3n) is 3.95. The lowest BCUT2D eigenvalue weighted by molar-refractivity contribution is -0.385. The van der Waals surface area contributed by atoms with Gasteiger partial charge in [0.1, 0.15) is 16.5 Å². The van der Waals surface area contributed by atoms with E-state index >= 15 is 0 Å². The van der Waals surface area contributed by atoms with Crippen molar-refractivity contribution in [1.82, 2.24) is 4.31 Å². The van der Waals surface area contributed by atoms with Crippen LogP contribution in [0.3, 0.4) is 0 Å². The van der Waals surface area contributed by atoms with E-state index in [2.05, 4.69) is 0 Å². The van der Waals surface area contributed by atoms with E-state index in [4.69, 9.17) is 11.0 Å². The minimum Gasteiger partial charge on any atom is -0.330 e. The van der Waals surface area contributed by atoms with E-state index < -0.39 is 26.2 Å². The molecule has 1 aliphatic rings. The standard InChI is InChI=1S/C13H16N4O4S.ClH/c1-13(8-15)5-6-16(9-13)22(20,21)12-4-2-3-11(17(18)19)10(12)7-14;/h2-4H,5-6,8-9,15H2,1H3;1H. The quantitative estimate of drug-likeness (QED) is 0.635. The molecule has 0 aliphatic carbocycles. The number of sulfonamides is 1. The van der Waals surface area contributed by atoms with Gasteiger partial charge in [-0.3, -0.25) is 10.1 Å². The number of halogens is 1. The number of nitro groups is 1. The van der Waals surface area contributed by atoms with Gasteiger partial charge in [0.05, 0.1) is 4.92 Å². The third-order valence-corrected chi connectivity index (χ3v) is 5.83. The van der Waals surface area contributed by atoms with Crippen molar-refractivity contribution in [1.29, 1.82) is 5.26 Å². The molecule has 0 amide bonds. The molecule has 2 N–H and O–H groups in total. The number of rotatable bonds is 4. The Hall–Kier alpha value is -1.73. The lowest BCUT2D eigenvalue weighted by atomic mass is 9.90. The first-order chi connectivity index (χ1) is 10.2. The van der Waals surface area contributed by atoms with Gasteiger partial charge >= 0.3 is 0 Å². The largest absolute Gasteiger partial charge is 0.330 e. The van der Waals surface area contributed by atoms with Gasteiger partial charge in [0.25, 0.3) is 5.69 Å². The summed E-state index contributed by atoms with van der Waals surface area (Å²) < 4.78 is 26.6. The fourth-order valence-corrected chi connectivity index (χ4v) is 4.24. The molecule has 1 aromatic rings. The van der Waals surface area contributed by atoms with Crippen molar-refractivity contribution < 1.29 is 13.3 Å². The van der Waals surface area contributed by atoms with Crippen molar-refractivity contribution in [3.05, 3.63) is 33.9 Å². The van der Waals surface area contributed by atoms with Crippen molar-refractivity contribution in [3.8, 4) is 6.07 Å². The lowest BCUT2D eigenvalue weighted by Gasteiger charge is -2.22. The predicted molar refractivity (Wildman–Crippen MR) is 85.6 cm³/mol. The summed E-state index contributed by atoms with van der Waals surface area (Å²) in [5.41, 5.74) is 4.40. The Labute approximate surface area is 140 Å². The average molecular weight is 361 g/mol. The number of nitriles is 1. The van der Waals surface area contributed by atoms with Crippen LogP contribution in [0.2, 0.25) is 0 Å². The van der Waals surface area contributed by atoms with Gasteiger partial charge in [-0.2, -0.15) is 9.57 Å². The van der Waals surface area contributed by atoms with E-state index in [9.17, 15) is 18.5 Å². The van der Waals surface area contributed by atoms with Crippen LogP contribution in [-0.2, 0) is 10.0 Å². The van der Waals surface area contributed by atoms with Crippen molar-refractivity contribution in [3.63, 3.8) is 0 Å². The number of nitrogens with two attached hydrogens (primary N) is 1. The van der Waals surface area contributed by atoms with Crippen molar-refractivity contribution in [2.24, 2.45) is 11.1 Å². The second-order valence-corrected chi connectivity index (χ2v) is 7.53. The molecule has 1 aliphatic heterocycles. The van der Waals surface area contributed by atoms with E-state index in [-0.39, 0.29) is 35.8 Å². The molecule has 1 atom stereocenters. The Morgan fingerprint density at radius 1 is 1.52 bits per heavy atom. The molecular weight excluding hydrogens is 344 g/mol. The van der Waals surface area contributed by atoms with Crippen LogP contribution in [0.5, 0.6) is 0 Å². The number of benzene rings is 1. The topological polar surface area (TPSA) is 130 Å². The van der Waals surface area contributed by atoms with Gasteiger partial charge in [-0.15, -0.1) is 12.4 Å². The second-order valence-electron chi connectivity index (χ2n) is 5.62. The Balaban J connectivity index is 0.00000264. The van der Waals surface area contributed by atoms with Crippen LogP contribution in [0.25, 0.3) is 0 Å². The highest BCUT2D eigenvalue weighted by Crippen LogP contribution is 2.34. The van der Waals surface area contributed by atoms with Gasteiger partial charge in [-0.05, 0) is 24.4 Å². The van der Waals surface area contributed by atoms with Crippen molar-refractivity contribution in [2.75, 3.05) is 19.6 Å². The molecule has 1 unspecified atom stereocenters. The van der Waals surface area contributed by atoms with Crippen LogP contribution >= 0.6 is 12.4 Å².